The van der Waals surface area contributed by atoms with Crippen LogP contribution in [0.3, 0.4) is 0 Å². The molecule has 2 aromatic carbocycles. The third-order valence-electron chi connectivity index (χ3n) is 4.36. The first kappa shape index (κ1) is 19.1. The van der Waals surface area contributed by atoms with Crippen molar-refractivity contribution in [1.82, 2.24) is 9.97 Å². The maximum absolute atomic E-state index is 6.31. The van der Waals surface area contributed by atoms with E-state index in [0.29, 0.717) is 15.8 Å². The lowest BCUT2D eigenvalue weighted by Crippen LogP contribution is -1.91. The van der Waals surface area contributed by atoms with Crippen LogP contribution in [0.15, 0.2) is 72.0 Å². The fourth-order valence-corrected chi connectivity index (χ4v) is 4.41. The van der Waals surface area contributed by atoms with Crippen molar-refractivity contribution >= 4 is 45.9 Å². The molecule has 6 heteroatoms. The lowest BCUT2D eigenvalue weighted by atomic mass is 10.0. The van der Waals surface area contributed by atoms with E-state index in [0.717, 1.165) is 38.4 Å². The Morgan fingerprint density at radius 1 is 1.04 bits per heavy atom. The third kappa shape index (κ3) is 4.09. The van der Waals surface area contributed by atoms with E-state index in [1.54, 1.807) is 31.1 Å². The molecule has 0 radical (unpaired) electrons. The first-order valence-corrected chi connectivity index (χ1v) is 10.3. The molecule has 0 unspecified atom stereocenters. The summed E-state index contributed by atoms with van der Waals surface area (Å²) in [6.45, 7) is 0. The molecule has 0 N–H and O–H groups in total. The summed E-state index contributed by atoms with van der Waals surface area (Å²) in [6.07, 6.45) is 3.64. The first-order valence-electron chi connectivity index (χ1n) is 8.60. The van der Waals surface area contributed by atoms with Gasteiger partial charge in [-0.25, -0.2) is 4.98 Å². The molecule has 4 rings (SSSR count). The van der Waals surface area contributed by atoms with Gasteiger partial charge in [-0.15, -0.1) is 11.8 Å². The molecular formula is C22H16Cl2N2OS. The molecule has 0 saturated heterocycles. The molecular weight excluding hydrogens is 411 g/mol. The van der Waals surface area contributed by atoms with Gasteiger partial charge in [0.05, 0.1) is 17.7 Å². The number of nitrogens with zero attached hydrogens (tertiary/aromatic N) is 2. The second-order valence-electron chi connectivity index (χ2n) is 6.16. The Bertz CT molecular complexity index is 1140. The fraction of sp³-hybridized carbons (Fsp3) is 0.0909. The molecule has 0 saturated carbocycles. The van der Waals surface area contributed by atoms with Crippen LogP contribution in [0.2, 0.25) is 10.0 Å². The van der Waals surface area contributed by atoms with Crippen molar-refractivity contribution in [1.29, 1.82) is 0 Å². The van der Waals surface area contributed by atoms with Crippen LogP contribution in [-0.4, -0.2) is 17.1 Å². The first-order chi connectivity index (χ1) is 13.6. The minimum atomic E-state index is 0.633. The molecule has 0 fully saturated rings. The highest BCUT2D eigenvalue weighted by Crippen LogP contribution is 2.35. The summed E-state index contributed by atoms with van der Waals surface area (Å²) in [5.41, 5.74) is 4.04. The molecule has 0 aliphatic rings. The molecule has 140 valence electrons. The highest BCUT2D eigenvalue weighted by Gasteiger charge is 2.11. The largest absolute Gasteiger partial charge is 0.497 e. The Morgan fingerprint density at radius 2 is 1.93 bits per heavy atom. The molecule has 0 bridgehead atoms. The van der Waals surface area contributed by atoms with E-state index in [-0.39, 0.29) is 0 Å². The van der Waals surface area contributed by atoms with E-state index < -0.39 is 0 Å². The zero-order valence-corrected chi connectivity index (χ0v) is 17.4. The van der Waals surface area contributed by atoms with Gasteiger partial charge < -0.3 is 4.74 Å². The zero-order valence-electron chi connectivity index (χ0n) is 15.0. The van der Waals surface area contributed by atoms with Crippen LogP contribution >= 0.6 is 35.0 Å². The molecule has 3 nitrogen and oxygen atoms in total. The number of rotatable bonds is 5. The highest BCUT2D eigenvalue weighted by atomic mass is 35.5. The number of hydrogen-bond acceptors (Lipinski definition) is 4. The molecule has 0 amide bonds. The summed E-state index contributed by atoms with van der Waals surface area (Å²) >= 11 is 13.9. The van der Waals surface area contributed by atoms with Gasteiger partial charge in [0.25, 0.3) is 0 Å². The van der Waals surface area contributed by atoms with Gasteiger partial charge in [0.15, 0.2) is 0 Å². The van der Waals surface area contributed by atoms with Gasteiger partial charge in [-0.1, -0.05) is 35.3 Å². The van der Waals surface area contributed by atoms with Crippen molar-refractivity contribution in [2.24, 2.45) is 0 Å². The van der Waals surface area contributed by atoms with Crippen molar-refractivity contribution in [3.63, 3.8) is 0 Å². The zero-order chi connectivity index (χ0) is 19.5. The predicted octanol–water partition coefficient (Wildman–Crippen LogP) is 6.90. The normalized spacial score (nSPS) is 11.0. The van der Waals surface area contributed by atoms with E-state index in [2.05, 4.69) is 17.1 Å². The molecule has 0 aliphatic heterocycles. The average Bonchev–Trinajstić information content (AvgIpc) is 2.72. The van der Waals surface area contributed by atoms with E-state index >= 15 is 0 Å². The third-order valence-corrected chi connectivity index (χ3v) is 5.90. The lowest BCUT2D eigenvalue weighted by Gasteiger charge is -2.11. The number of halogens is 2. The molecule has 4 aromatic rings. The Morgan fingerprint density at radius 3 is 2.68 bits per heavy atom. The van der Waals surface area contributed by atoms with Crippen LogP contribution in [0.4, 0.5) is 0 Å². The Balaban J connectivity index is 1.75. The monoisotopic (exact) mass is 426 g/mol. The second kappa shape index (κ2) is 8.39. The minimum Gasteiger partial charge on any atom is -0.497 e. The van der Waals surface area contributed by atoms with Crippen molar-refractivity contribution in [3.8, 4) is 16.9 Å². The quantitative estimate of drug-likeness (QED) is 0.325. The van der Waals surface area contributed by atoms with E-state index in [9.17, 15) is 0 Å². The number of hydrogen-bond donors (Lipinski definition) is 0. The predicted molar refractivity (Wildman–Crippen MR) is 118 cm³/mol. The molecule has 2 heterocycles. The number of methoxy groups -OCH3 is 1. The topological polar surface area (TPSA) is 35.0 Å². The number of thioether (sulfide) groups is 1. The number of fused-ring (bicyclic) bond motifs is 1. The molecule has 2 aromatic heterocycles. The maximum atomic E-state index is 6.31. The highest BCUT2D eigenvalue weighted by molar-refractivity contribution is 7.98. The van der Waals surface area contributed by atoms with Crippen LogP contribution in [0, 0.1) is 0 Å². The summed E-state index contributed by atoms with van der Waals surface area (Å²) < 4.78 is 5.37. The molecule has 0 aliphatic carbocycles. The average molecular weight is 427 g/mol. The summed E-state index contributed by atoms with van der Waals surface area (Å²) in [4.78, 5) is 9.09. The summed E-state index contributed by atoms with van der Waals surface area (Å²) in [5, 5.41) is 3.26. The van der Waals surface area contributed by atoms with Crippen LogP contribution < -0.4 is 4.74 Å². The number of benzene rings is 2. The SMILES string of the molecule is COc1ccc2c(-c3cccnc3)cc(SCc3ccc(Cl)cc3Cl)nc2c1. The van der Waals surface area contributed by atoms with Gasteiger partial charge in [0.2, 0.25) is 0 Å². The van der Waals surface area contributed by atoms with Crippen molar-refractivity contribution in [3.05, 3.63) is 82.6 Å². The van der Waals surface area contributed by atoms with Crippen molar-refractivity contribution in [2.75, 3.05) is 7.11 Å². The van der Waals surface area contributed by atoms with Crippen LogP contribution in [0.25, 0.3) is 22.0 Å². The molecule has 28 heavy (non-hydrogen) atoms. The van der Waals surface area contributed by atoms with E-state index in [1.807, 2.05) is 42.6 Å². The summed E-state index contributed by atoms with van der Waals surface area (Å²) in [7, 11) is 1.66. The van der Waals surface area contributed by atoms with E-state index in [1.165, 1.54) is 0 Å². The minimum absolute atomic E-state index is 0.633. The smallest absolute Gasteiger partial charge is 0.121 e. The molecule has 0 spiro atoms. The van der Waals surface area contributed by atoms with Crippen LogP contribution in [-0.2, 0) is 5.75 Å². The number of pyridine rings is 2. The Kier molecular flexibility index (Phi) is 5.72. The van der Waals surface area contributed by atoms with Gasteiger partial charge in [-0.3, -0.25) is 4.98 Å². The second-order valence-corrected chi connectivity index (χ2v) is 8.00. The van der Waals surface area contributed by atoms with Crippen molar-refractivity contribution in [2.45, 2.75) is 10.8 Å². The van der Waals surface area contributed by atoms with Gasteiger partial charge in [-0.05, 0) is 47.5 Å². The van der Waals surface area contributed by atoms with Crippen LogP contribution in [0.5, 0.6) is 5.75 Å². The van der Waals surface area contributed by atoms with Gasteiger partial charge in [0, 0.05) is 45.2 Å². The van der Waals surface area contributed by atoms with Gasteiger partial charge in [0.1, 0.15) is 5.75 Å². The van der Waals surface area contributed by atoms with E-state index in [4.69, 9.17) is 32.9 Å². The Labute approximate surface area is 177 Å². The summed E-state index contributed by atoms with van der Waals surface area (Å²) in [5.74, 6) is 1.48. The fourth-order valence-electron chi connectivity index (χ4n) is 2.94. The number of aromatic nitrogens is 2. The Hall–Kier alpha value is -2.27. The molecule has 0 atom stereocenters. The maximum Gasteiger partial charge on any atom is 0.121 e. The van der Waals surface area contributed by atoms with Crippen molar-refractivity contribution < 1.29 is 4.74 Å². The summed E-state index contributed by atoms with van der Waals surface area (Å²) in [6, 6.07) is 17.6. The number of ether oxygens (including phenoxy) is 1. The van der Waals surface area contributed by atoms with Gasteiger partial charge in [-0.2, -0.15) is 0 Å². The van der Waals surface area contributed by atoms with Gasteiger partial charge >= 0.3 is 0 Å². The van der Waals surface area contributed by atoms with Crippen LogP contribution in [0.1, 0.15) is 5.56 Å². The lowest BCUT2D eigenvalue weighted by molar-refractivity contribution is 0.415. The standard InChI is InChI=1S/C22H16Cl2N2OS/c1-27-17-6-7-18-19(14-3-2-8-25-12-14)11-22(26-21(18)10-17)28-13-15-4-5-16(23)9-20(15)24/h2-12H,13H2,1H3.